The summed E-state index contributed by atoms with van der Waals surface area (Å²) in [7, 11) is 1.53. The van der Waals surface area contributed by atoms with Crippen LogP contribution in [0.3, 0.4) is 0 Å². The van der Waals surface area contributed by atoms with Crippen molar-refractivity contribution in [2.24, 2.45) is 0 Å². The zero-order valence-electron chi connectivity index (χ0n) is 14.0. The number of nitriles is 1. The van der Waals surface area contributed by atoms with Gasteiger partial charge in [0.05, 0.1) is 36.3 Å². The molecule has 0 saturated heterocycles. The highest BCUT2D eigenvalue weighted by molar-refractivity contribution is 9.10. The molecule has 0 spiro atoms. The second-order valence-corrected chi connectivity index (χ2v) is 6.51. The van der Waals surface area contributed by atoms with Gasteiger partial charge in [-0.15, -0.1) is 0 Å². The van der Waals surface area contributed by atoms with Crippen LogP contribution in [0.4, 0.5) is 0 Å². The van der Waals surface area contributed by atoms with Crippen molar-refractivity contribution in [3.8, 4) is 17.6 Å². The first-order valence-electron chi connectivity index (χ1n) is 7.71. The molecule has 0 bridgehead atoms. The molecule has 0 N–H and O–H groups in total. The zero-order chi connectivity index (χ0) is 18.1. The predicted molar refractivity (Wildman–Crippen MR) is 99.0 cm³/mol. The van der Waals surface area contributed by atoms with E-state index in [0.29, 0.717) is 45.5 Å². The average Bonchev–Trinajstić information content (AvgIpc) is 2.58. The molecule has 0 fully saturated rings. The van der Waals surface area contributed by atoms with Gasteiger partial charge in [-0.05, 0) is 47.3 Å². The van der Waals surface area contributed by atoms with E-state index in [-0.39, 0.29) is 12.6 Å². The lowest BCUT2D eigenvalue weighted by molar-refractivity contribution is -0.145. The Morgan fingerprint density at radius 3 is 2.62 bits per heavy atom. The van der Waals surface area contributed by atoms with Gasteiger partial charge < -0.3 is 14.2 Å². The maximum Gasteiger partial charge on any atom is 0.313 e. The summed E-state index contributed by atoms with van der Waals surface area (Å²) >= 11 is 6.79. The van der Waals surface area contributed by atoms with Gasteiger partial charge in [-0.25, -0.2) is 0 Å². The summed E-state index contributed by atoms with van der Waals surface area (Å²) < 4.78 is 16.8. The third-order valence-corrected chi connectivity index (χ3v) is 4.56. The number of esters is 1. The van der Waals surface area contributed by atoms with Gasteiger partial charge in [0.2, 0.25) is 0 Å². The van der Waals surface area contributed by atoms with Gasteiger partial charge in [-0.3, -0.25) is 4.79 Å². The Kier molecular flexibility index (Phi) is 9.16. The number of benzene rings is 1. The predicted octanol–water partition coefficient (Wildman–Crippen LogP) is 4.55. The summed E-state index contributed by atoms with van der Waals surface area (Å²) in [5.74, 6) is 0.0447. The van der Waals surface area contributed by atoms with E-state index in [1.165, 1.54) is 7.11 Å². The van der Waals surface area contributed by atoms with Crippen LogP contribution < -0.4 is 9.47 Å². The highest BCUT2D eigenvalue weighted by Gasteiger charge is 2.28. The number of alkyl halides is 1. The fourth-order valence-electron chi connectivity index (χ4n) is 2.26. The van der Waals surface area contributed by atoms with Gasteiger partial charge in [-0.1, -0.05) is 22.9 Å². The Morgan fingerprint density at radius 1 is 1.42 bits per heavy atom. The van der Waals surface area contributed by atoms with Gasteiger partial charge in [0.15, 0.2) is 11.5 Å². The van der Waals surface area contributed by atoms with Crippen molar-refractivity contribution in [2.75, 3.05) is 25.7 Å². The van der Waals surface area contributed by atoms with E-state index in [2.05, 4.69) is 37.9 Å². The molecule has 5 nitrogen and oxygen atoms in total. The van der Waals surface area contributed by atoms with E-state index >= 15 is 0 Å². The molecule has 0 aliphatic heterocycles. The third kappa shape index (κ3) is 4.87. The van der Waals surface area contributed by atoms with Crippen molar-refractivity contribution in [2.45, 2.75) is 32.6 Å². The number of carbonyl (C=O) groups is 1. The van der Waals surface area contributed by atoms with Gasteiger partial charge in [-0.2, -0.15) is 5.26 Å². The summed E-state index contributed by atoms with van der Waals surface area (Å²) in [5, 5.41) is 10.2. The maximum atomic E-state index is 12.3. The molecule has 1 rings (SSSR count). The molecular formula is C17H21Br2NO4. The van der Waals surface area contributed by atoms with Gasteiger partial charge in [0.1, 0.15) is 6.07 Å². The zero-order valence-corrected chi connectivity index (χ0v) is 17.2. The summed E-state index contributed by atoms with van der Waals surface area (Å²) in [6.07, 6.45) is 1.34. The Hall–Kier alpha value is -1.26. The minimum atomic E-state index is -0.551. The van der Waals surface area contributed by atoms with Crippen LogP contribution in [0.25, 0.3) is 0 Å². The van der Waals surface area contributed by atoms with E-state index in [0.717, 1.165) is 6.42 Å². The number of carbonyl (C=O) groups excluding carboxylic acids is 1. The molecule has 1 unspecified atom stereocenters. The maximum absolute atomic E-state index is 12.3. The molecular weight excluding hydrogens is 442 g/mol. The molecule has 0 aliphatic carbocycles. The highest BCUT2D eigenvalue weighted by Crippen LogP contribution is 2.43. The summed E-state index contributed by atoms with van der Waals surface area (Å²) in [6.45, 7) is 4.54. The second kappa shape index (κ2) is 10.6. The molecule has 7 heteroatoms. The van der Waals surface area contributed by atoms with Crippen molar-refractivity contribution in [1.82, 2.24) is 0 Å². The quantitative estimate of drug-likeness (QED) is 0.397. The van der Waals surface area contributed by atoms with Crippen LogP contribution >= 0.6 is 31.9 Å². The molecule has 1 aromatic rings. The highest BCUT2D eigenvalue weighted by atomic mass is 79.9. The number of halogens is 2. The topological polar surface area (TPSA) is 68.6 Å². The fourth-order valence-corrected chi connectivity index (χ4v) is 3.34. The van der Waals surface area contributed by atoms with E-state index < -0.39 is 5.92 Å². The molecule has 0 amide bonds. The van der Waals surface area contributed by atoms with Crippen LogP contribution in [-0.4, -0.2) is 31.6 Å². The molecule has 132 valence electrons. The minimum absolute atomic E-state index is 0.287. The smallest absolute Gasteiger partial charge is 0.313 e. The number of ether oxygens (including phenoxy) is 3. The monoisotopic (exact) mass is 461 g/mol. The molecule has 0 radical (unpaired) electrons. The van der Waals surface area contributed by atoms with Crippen LogP contribution in [0.1, 0.15) is 43.7 Å². The van der Waals surface area contributed by atoms with E-state index in [1.807, 2.05) is 6.92 Å². The Morgan fingerprint density at radius 2 is 2.12 bits per heavy atom. The first kappa shape index (κ1) is 20.8. The number of methoxy groups -OCH3 is 1. The van der Waals surface area contributed by atoms with Crippen molar-refractivity contribution in [3.05, 3.63) is 21.7 Å². The first-order valence-corrected chi connectivity index (χ1v) is 9.62. The number of hydrogen-bond acceptors (Lipinski definition) is 5. The second-order valence-electron chi connectivity index (χ2n) is 4.93. The lowest BCUT2D eigenvalue weighted by atomic mass is 9.92. The first-order chi connectivity index (χ1) is 11.5. The van der Waals surface area contributed by atoms with Crippen LogP contribution in [0.2, 0.25) is 0 Å². The average molecular weight is 463 g/mol. The van der Waals surface area contributed by atoms with E-state index in [1.54, 1.807) is 13.0 Å². The van der Waals surface area contributed by atoms with E-state index in [9.17, 15) is 10.1 Å². The van der Waals surface area contributed by atoms with Crippen molar-refractivity contribution in [3.63, 3.8) is 0 Å². The van der Waals surface area contributed by atoms with Crippen molar-refractivity contribution >= 4 is 37.8 Å². The number of nitrogens with zero attached hydrogens (tertiary/aromatic N) is 1. The standard InChI is InChI=1S/C17H21Br2NO4/c1-4-8-24-16-14(22-3)9-12(13(10-20)15(16)19)11(6-7-18)17(21)23-5-2/h9,11H,4-8H2,1-3H3. The molecule has 0 aliphatic rings. The van der Waals surface area contributed by atoms with E-state index in [4.69, 9.17) is 14.2 Å². The molecule has 0 heterocycles. The number of rotatable bonds is 9. The normalized spacial score (nSPS) is 11.5. The summed E-state index contributed by atoms with van der Waals surface area (Å²) in [4.78, 5) is 12.3. The third-order valence-electron chi connectivity index (χ3n) is 3.34. The van der Waals surface area contributed by atoms with Crippen LogP contribution in [0, 0.1) is 11.3 Å². The lowest BCUT2D eigenvalue weighted by Gasteiger charge is -2.20. The minimum Gasteiger partial charge on any atom is -0.493 e. The Bertz CT molecular complexity index is 614. The van der Waals surface area contributed by atoms with Crippen molar-refractivity contribution in [1.29, 1.82) is 5.26 Å². The SMILES string of the molecule is CCCOc1c(OC)cc(C(CCBr)C(=O)OCC)c(C#N)c1Br. The summed E-state index contributed by atoms with van der Waals surface area (Å²) in [5.41, 5.74) is 0.934. The molecule has 1 atom stereocenters. The largest absolute Gasteiger partial charge is 0.493 e. The fraction of sp³-hybridized carbons (Fsp3) is 0.529. The van der Waals surface area contributed by atoms with Gasteiger partial charge >= 0.3 is 5.97 Å². The summed E-state index contributed by atoms with van der Waals surface area (Å²) in [6, 6.07) is 3.86. The van der Waals surface area contributed by atoms with Crippen LogP contribution in [-0.2, 0) is 9.53 Å². The lowest BCUT2D eigenvalue weighted by Crippen LogP contribution is -2.18. The van der Waals surface area contributed by atoms with Crippen LogP contribution in [0.15, 0.2) is 10.5 Å². The Labute approximate surface area is 159 Å². The molecule has 0 aromatic heterocycles. The van der Waals surface area contributed by atoms with Gasteiger partial charge in [0, 0.05) is 5.33 Å². The van der Waals surface area contributed by atoms with Gasteiger partial charge in [0.25, 0.3) is 0 Å². The molecule has 1 aromatic carbocycles. The van der Waals surface area contributed by atoms with Crippen LogP contribution in [0.5, 0.6) is 11.5 Å². The number of hydrogen-bond donors (Lipinski definition) is 0. The molecule has 24 heavy (non-hydrogen) atoms. The van der Waals surface area contributed by atoms with Crippen molar-refractivity contribution < 1.29 is 19.0 Å². The Balaban J connectivity index is 3.47. The molecule has 0 saturated carbocycles.